The Morgan fingerprint density at radius 2 is 1.95 bits per heavy atom. The van der Waals surface area contributed by atoms with Crippen molar-refractivity contribution in [3.63, 3.8) is 0 Å². The fourth-order valence-corrected chi connectivity index (χ4v) is 4.47. The van der Waals surface area contributed by atoms with Gasteiger partial charge in [-0.1, -0.05) is 6.07 Å². The van der Waals surface area contributed by atoms with Crippen molar-refractivity contribution in [3.8, 4) is 11.5 Å². The number of piperidine rings is 1. The second kappa shape index (κ2) is 6.82. The molecule has 0 saturated carbocycles. The molecule has 0 radical (unpaired) electrons. The molecule has 2 aliphatic rings. The summed E-state index contributed by atoms with van der Waals surface area (Å²) >= 11 is 1.94. The first-order valence-corrected chi connectivity index (χ1v) is 9.11. The van der Waals surface area contributed by atoms with Gasteiger partial charge in [0.15, 0.2) is 6.61 Å². The number of rotatable bonds is 5. The van der Waals surface area contributed by atoms with E-state index in [1.165, 1.54) is 0 Å². The number of ether oxygens (including phenoxy) is 2. The second-order valence-corrected chi connectivity index (χ2v) is 7.12. The summed E-state index contributed by atoms with van der Waals surface area (Å²) in [5.41, 5.74) is 0. The summed E-state index contributed by atoms with van der Waals surface area (Å²) in [6.07, 6.45) is 6.72. The van der Waals surface area contributed by atoms with Gasteiger partial charge in [0.25, 0.3) is 5.91 Å². The molecule has 1 amide bonds. The van der Waals surface area contributed by atoms with Gasteiger partial charge in [0.05, 0.1) is 7.11 Å². The topological polar surface area (TPSA) is 38.8 Å². The Bertz CT molecular complexity index is 522. The summed E-state index contributed by atoms with van der Waals surface area (Å²) in [6.45, 7) is 0.115. The minimum Gasteiger partial charge on any atom is -0.497 e. The molecule has 2 bridgehead atoms. The van der Waals surface area contributed by atoms with Crippen molar-refractivity contribution < 1.29 is 14.3 Å². The number of carbonyl (C=O) groups is 1. The van der Waals surface area contributed by atoms with Gasteiger partial charge >= 0.3 is 0 Å². The molecule has 2 aliphatic heterocycles. The van der Waals surface area contributed by atoms with E-state index in [1.54, 1.807) is 7.11 Å². The van der Waals surface area contributed by atoms with Gasteiger partial charge in [-0.2, -0.15) is 11.8 Å². The largest absolute Gasteiger partial charge is 0.497 e. The summed E-state index contributed by atoms with van der Waals surface area (Å²) < 4.78 is 10.8. The molecule has 1 aromatic rings. The van der Waals surface area contributed by atoms with Gasteiger partial charge in [-0.3, -0.25) is 4.79 Å². The van der Waals surface area contributed by atoms with Crippen LogP contribution >= 0.6 is 11.8 Å². The normalized spacial score (nSPS) is 26.8. The zero-order chi connectivity index (χ0) is 15.5. The van der Waals surface area contributed by atoms with E-state index < -0.39 is 0 Å². The number of methoxy groups -OCH3 is 1. The van der Waals surface area contributed by atoms with Crippen molar-refractivity contribution in [2.24, 2.45) is 0 Å². The Kier molecular flexibility index (Phi) is 4.81. The lowest BCUT2D eigenvalue weighted by molar-refractivity contribution is -0.137. The Labute approximate surface area is 136 Å². The van der Waals surface area contributed by atoms with Gasteiger partial charge in [0.2, 0.25) is 0 Å². The summed E-state index contributed by atoms with van der Waals surface area (Å²) in [6, 6.07) is 8.22. The van der Waals surface area contributed by atoms with E-state index in [0.717, 1.165) is 31.4 Å². The number of thioether (sulfide) groups is 1. The van der Waals surface area contributed by atoms with Crippen LogP contribution in [0.1, 0.15) is 25.7 Å². The number of hydrogen-bond acceptors (Lipinski definition) is 4. The SMILES string of the molecule is COc1cccc(OCC(=O)N2C3CCC2CC(SC)C3)c1. The number of nitrogens with zero attached hydrogens (tertiary/aromatic N) is 1. The van der Waals surface area contributed by atoms with Gasteiger partial charge in [-0.15, -0.1) is 0 Å². The minimum absolute atomic E-state index is 0.115. The third-order valence-electron chi connectivity index (χ3n) is 4.71. The van der Waals surface area contributed by atoms with Gasteiger partial charge in [0, 0.05) is 23.4 Å². The van der Waals surface area contributed by atoms with Crippen molar-refractivity contribution in [1.82, 2.24) is 4.90 Å². The van der Waals surface area contributed by atoms with E-state index in [4.69, 9.17) is 9.47 Å². The van der Waals surface area contributed by atoms with Crippen LogP contribution in [0.5, 0.6) is 11.5 Å². The van der Waals surface area contributed by atoms with E-state index >= 15 is 0 Å². The molecule has 0 aromatic heterocycles. The Morgan fingerprint density at radius 3 is 2.59 bits per heavy atom. The Hall–Kier alpha value is -1.36. The first kappa shape index (κ1) is 15.5. The van der Waals surface area contributed by atoms with Gasteiger partial charge in [-0.05, 0) is 44.1 Å². The highest BCUT2D eigenvalue weighted by Gasteiger charge is 2.42. The van der Waals surface area contributed by atoms with Crippen LogP contribution in [0.4, 0.5) is 0 Å². The molecule has 22 heavy (non-hydrogen) atoms. The van der Waals surface area contributed by atoms with Crippen LogP contribution in [0.25, 0.3) is 0 Å². The highest BCUT2D eigenvalue weighted by Crippen LogP contribution is 2.39. The van der Waals surface area contributed by atoms with Crippen molar-refractivity contribution in [1.29, 1.82) is 0 Å². The maximum Gasteiger partial charge on any atom is 0.261 e. The van der Waals surface area contributed by atoms with E-state index in [2.05, 4.69) is 11.2 Å². The zero-order valence-electron chi connectivity index (χ0n) is 13.2. The van der Waals surface area contributed by atoms with Crippen LogP contribution in [-0.4, -0.2) is 48.1 Å². The molecule has 0 N–H and O–H groups in total. The van der Waals surface area contributed by atoms with Crippen LogP contribution in [0.15, 0.2) is 24.3 Å². The quantitative estimate of drug-likeness (QED) is 0.836. The standard InChI is InChI=1S/C17H23NO3S/c1-20-14-4-3-5-15(10-14)21-11-17(19)18-12-6-7-13(18)9-16(8-12)22-2/h3-5,10,12-13,16H,6-9,11H2,1-2H3. The maximum absolute atomic E-state index is 12.5. The first-order valence-electron chi connectivity index (χ1n) is 7.82. The number of benzene rings is 1. The molecular weight excluding hydrogens is 298 g/mol. The smallest absolute Gasteiger partial charge is 0.261 e. The number of carbonyl (C=O) groups excluding carboxylic acids is 1. The van der Waals surface area contributed by atoms with Crippen LogP contribution in [0, 0.1) is 0 Å². The highest BCUT2D eigenvalue weighted by molar-refractivity contribution is 7.99. The summed E-state index contributed by atoms with van der Waals surface area (Å²) in [4.78, 5) is 14.6. The molecular formula is C17H23NO3S. The molecule has 2 saturated heterocycles. The van der Waals surface area contributed by atoms with Crippen LogP contribution < -0.4 is 9.47 Å². The second-order valence-electron chi connectivity index (χ2n) is 5.98. The summed E-state index contributed by atoms with van der Waals surface area (Å²) in [7, 11) is 1.62. The molecule has 0 aliphatic carbocycles. The van der Waals surface area contributed by atoms with Gasteiger partial charge in [0.1, 0.15) is 11.5 Å². The molecule has 5 heteroatoms. The molecule has 0 spiro atoms. The van der Waals surface area contributed by atoms with Crippen LogP contribution in [0.2, 0.25) is 0 Å². The molecule has 1 aromatic carbocycles. The predicted octanol–water partition coefficient (Wildman–Crippen LogP) is 2.96. The first-order chi connectivity index (χ1) is 10.7. The average molecular weight is 321 g/mol. The minimum atomic E-state index is 0.115. The fourth-order valence-electron chi connectivity index (χ4n) is 3.64. The van der Waals surface area contributed by atoms with Crippen molar-refractivity contribution >= 4 is 17.7 Å². The number of hydrogen-bond donors (Lipinski definition) is 0. The Balaban J connectivity index is 1.58. The van der Waals surface area contributed by atoms with E-state index in [0.29, 0.717) is 23.1 Å². The lowest BCUT2D eigenvalue weighted by atomic mass is 10.0. The van der Waals surface area contributed by atoms with E-state index in [1.807, 2.05) is 36.0 Å². The van der Waals surface area contributed by atoms with Crippen molar-refractivity contribution in [2.45, 2.75) is 43.0 Å². The maximum atomic E-state index is 12.5. The lowest BCUT2D eigenvalue weighted by Crippen LogP contribution is -2.49. The molecule has 4 nitrogen and oxygen atoms in total. The van der Waals surface area contributed by atoms with Gasteiger partial charge < -0.3 is 14.4 Å². The van der Waals surface area contributed by atoms with Crippen LogP contribution in [0.3, 0.4) is 0 Å². The number of amides is 1. The molecule has 2 fully saturated rings. The monoisotopic (exact) mass is 321 g/mol. The predicted molar refractivity (Wildman–Crippen MR) is 88.7 cm³/mol. The molecule has 2 atom stereocenters. The van der Waals surface area contributed by atoms with E-state index in [9.17, 15) is 4.79 Å². The van der Waals surface area contributed by atoms with Crippen molar-refractivity contribution in [2.75, 3.05) is 20.0 Å². The van der Waals surface area contributed by atoms with Gasteiger partial charge in [-0.25, -0.2) is 0 Å². The number of fused-ring (bicyclic) bond motifs is 2. The average Bonchev–Trinajstić information content (AvgIpc) is 2.83. The summed E-state index contributed by atoms with van der Waals surface area (Å²) in [5.74, 6) is 1.54. The lowest BCUT2D eigenvalue weighted by Gasteiger charge is -2.38. The Morgan fingerprint density at radius 1 is 1.27 bits per heavy atom. The van der Waals surface area contributed by atoms with Crippen molar-refractivity contribution in [3.05, 3.63) is 24.3 Å². The molecule has 3 rings (SSSR count). The third kappa shape index (κ3) is 3.19. The van der Waals surface area contributed by atoms with E-state index in [-0.39, 0.29) is 12.5 Å². The highest BCUT2D eigenvalue weighted by atomic mass is 32.2. The molecule has 120 valence electrons. The fraction of sp³-hybridized carbons (Fsp3) is 0.588. The summed E-state index contributed by atoms with van der Waals surface area (Å²) in [5, 5.41) is 0.709. The van der Waals surface area contributed by atoms with Crippen LogP contribution in [-0.2, 0) is 4.79 Å². The molecule has 2 unspecified atom stereocenters. The zero-order valence-corrected chi connectivity index (χ0v) is 14.0. The third-order valence-corrected chi connectivity index (χ3v) is 5.77. The molecule has 2 heterocycles.